The van der Waals surface area contributed by atoms with E-state index in [1.165, 1.54) is 11.0 Å². The predicted octanol–water partition coefficient (Wildman–Crippen LogP) is -2.19. The Kier molecular flexibility index (Phi) is 3.05. The van der Waals surface area contributed by atoms with Crippen LogP contribution in [0.25, 0.3) is 11.0 Å². The summed E-state index contributed by atoms with van der Waals surface area (Å²) >= 11 is 0. The first-order chi connectivity index (χ1) is 9.54. The van der Waals surface area contributed by atoms with E-state index in [1.54, 1.807) is 7.05 Å². The first kappa shape index (κ1) is 13.2. The Morgan fingerprint density at radius 2 is 2.15 bits per heavy atom. The molecule has 0 spiro atoms. The lowest BCUT2D eigenvalue weighted by Gasteiger charge is -2.14. The Morgan fingerprint density at radius 3 is 2.80 bits per heavy atom. The van der Waals surface area contributed by atoms with Gasteiger partial charge in [0.1, 0.15) is 29.9 Å². The minimum Gasteiger partial charge on any atom is -0.394 e. The first-order valence-corrected chi connectivity index (χ1v) is 6.07. The van der Waals surface area contributed by atoms with Gasteiger partial charge in [0, 0.05) is 7.05 Å². The molecule has 9 heteroatoms. The quantitative estimate of drug-likeness (QED) is 0.491. The molecule has 2 aromatic rings. The van der Waals surface area contributed by atoms with Crippen LogP contribution in [-0.4, -0.2) is 60.0 Å². The predicted molar refractivity (Wildman–Crippen MR) is 65.8 cm³/mol. The molecule has 1 aliphatic rings. The standard InChI is InChI=1S/C11H14N4O5/c1-15-7(5-6(14-15)11(19)13-3-12-5)10-9(18)8(17)4(2-16)20-10/h3-4,8-10,16-18H,2H2,1H3,(H,12,13,19). The van der Waals surface area contributed by atoms with E-state index in [9.17, 15) is 15.0 Å². The lowest BCUT2D eigenvalue weighted by atomic mass is 10.1. The molecule has 0 radical (unpaired) electrons. The summed E-state index contributed by atoms with van der Waals surface area (Å²) in [6.07, 6.45) is -3.01. The van der Waals surface area contributed by atoms with Crippen molar-refractivity contribution in [3.63, 3.8) is 0 Å². The molecule has 3 heterocycles. The number of rotatable bonds is 2. The molecule has 0 aromatic carbocycles. The molecule has 3 rings (SSSR count). The van der Waals surface area contributed by atoms with Crippen molar-refractivity contribution < 1.29 is 20.1 Å². The van der Waals surface area contributed by atoms with Gasteiger partial charge >= 0.3 is 0 Å². The van der Waals surface area contributed by atoms with Gasteiger partial charge in [-0.05, 0) is 0 Å². The van der Waals surface area contributed by atoms with E-state index in [-0.39, 0.29) is 5.52 Å². The molecule has 0 amide bonds. The molecule has 4 N–H and O–H groups in total. The van der Waals surface area contributed by atoms with Gasteiger partial charge in [0.05, 0.1) is 18.6 Å². The minimum atomic E-state index is -1.23. The van der Waals surface area contributed by atoms with Gasteiger partial charge in [-0.25, -0.2) is 4.98 Å². The largest absolute Gasteiger partial charge is 0.394 e. The fourth-order valence-electron chi connectivity index (χ4n) is 2.47. The summed E-state index contributed by atoms with van der Waals surface area (Å²) in [5, 5.41) is 33.0. The number of hydrogen-bond donors (Lipinski definition) is 4. The van der Waals surface area contributed by atoms with E-state index >= 15 is 0 Å². The van der Waals surface area contributed by atoms with Gasteiger partial charge < -0.3 is 25.0 Å². The van der Waals surface area contributed by atoms with Crippen LogP contribution in [0.2, 0.25) is 0 Å². The van der Waals surface area contributed by atoms with Crippen LogP contribution in [0.3, 0.4) is 0 Å². The van der Waals surface area contributed by atoms with Crippen molar-refractivity contribution in [2.45, 2.75) is 24.4 Å². The minimum absolute atomic E-state index is 0.128. The van der Waals surface area contributed by atoms with Gasteiger partial charge in [0.15, 0.2) is 5.52 Å². The SMILES string of the molecule is Cn1nc2c(=O)[nH]cnc2c1C1OC(CO)C(O)C1O. The monoisotopic (exact) mass is 282 g/mol. The number of aryl methyl sites for hydroxylation is 1. The Hall–Kier alpha value is -1.81. The molecule has 108 valence electrons. The van der Waals surface area contributed by atoms with Crippen molar-refractivity contribution in [2.75, 3.05) is 6.61 Å². The maximum Gasteiger partial charge on any atom is 0.279 e. The third-order valence-electron chi connectivity index (χ3n) is 3.48. The number of aliphatic hydroxyl groups is 3. The zero-order chi connectivity index (χ0) is 14.4. The summed E-state index contributed by atoms with van der Waals surface area (Å²) in [4.78, 5) is 18.1. The first-order valence-electron chi connectivity index (χ1n) is 6.07. The van der Waals surface area contributed by atoms with Crippen molar-refractivity contribution in [2.24, 2.45) is 7.05 Å². The van der Waals surface area contributed by atoms with E-state index in [4.69, 9.17) is 9.84 Å². The summed E-state index contributed by atoms with van der Waals surface area (Å²) in [6.45, 7) is -0.418. The second-order valence-electron chi connectivity index (χ2n) is 4.70. The number of nitrogens with zero attached hydrogens (tertiary/aromatic N) is 3. The highest BCUT2D eigenvalue weighted by atomic mass is 16.6. The van der Waals surface area contributed by atoms with Crippen molar-refractivity contribution >= 4 is 11.0 Å². The van der Waals surface area contributed by atoms with Crippen LogP contribution < -0.4 is 5.56 Å². The van der Waals surface area contributed by atoms with Gasteiger partial charge in [-0.2, -0.15) is 5.10 Å². The zero-order valence-corrected chi connectivity index (χ0v) is 10.6. The molecule has 1 saturated heterocycles. The van der Waals surface area contributed by atoms with Gasteiger partial charge in [-0.3, -0.25) is 9.48 Å². The van der Waals surface area contributed by atoms with Gasteiger partial charge in [-0.15, -0.1) is 0 Å². The Morgan fingerprint density at radius 1 is 1.40 bits per heavy atom. The second-order valence-corrected chi connectivity index (χ2v) is 4.70. The molecule has 0 aliphatic carbocycles. The number of ether oxygens (including phenoxy) is 1. The van der Waals surface area contributed by atoms with Gasteiger partial charge in [-0.1, -0.05) is 0 Å². The van der Waals surface area contributed by atoms with Gasteiger partial charge in [0.2, 0.25) is 0 Å². The molecule has 0 saturated carbocycles. The number of aromatic nitrogens is 4. The smallest absolute Gasteiger partial charge is 0.279 e. The molecule has 2 aromatic heterocycles. The molecular formula is C11H14N4O5. The lowest BCUT2D eigenvalue weighted by molar-refractivity contribution is -0.0246. The van der Waals surface area contributed by atoms with Crippen molar-refractivity contribution in [1.29, 1.82) is 0 Å². The van der Waals surface area contributed by atoms with E-state index in [1.807, 2.05) is 0 Å². The number of hydrogen-bond acceptors (Lipinski definition) is 7. The number of aromatic amines is 1. The summed E-state index contributed by atoms with van der Waals surface area (Å²) in [5.41, 5.74) is 0.408. The molecule has 1 fully saturated rings. The molecule has 1 aliphatic heterocycles. The molecule has 20 heavy (non-hydrogen) atoms. The summed E-state index contributed by atoms with van der Waals surface area (Å²) < 4.78 is 6.83. The van der Waals surface area contributed by atoms with Crippen molar-refractivity contribution in [3.05, 3.63) is 22.4 Å². The number of H-pyrrole nitrogens is 1. The third-order valence-corrected chi connectivity index (χ3v) is 3.48. The fourth-order valence-corrected chi connectivity index (χ4v) is 2.47. The summed E-state index contributed by atoms with van der Waals surface area (Å²) in [6, 6.07) is 0. The lowest BCUT2D eigenvalue weighted by Crippen LogP contribution is -2.32. The second kappa shape index (κ2) is 4.63. The van der Waals surface area contributed by atoms with E-state index < -0.39 is 36.6 Å². The third kappa shape index (κ3) is 1.75. The highest BCUT2D eigenvalue weighted by Gasteiger charge is 2.45. The zero-order valence-electron chi connectivity index (χ0n) is 10.6. The molecule has 4 atom stereocenters. The van der Waals surface area contributed by atoms with E-state index in [0.29, 0.717) is 11.2 Å². The van der Waals surface area contributed by atoms with Crippen LogP contribution in [0.1, 0.15) is 11.8 Å². The average Bonchev–Trinajstić information content (AvgIpc) is 2.90. The Balaban J connectivity index is 2.14. The van der Waals surface area contributed by atoms with Crippen LogP contribution in [0, 0.1) is 0 Å². The number of nitrogens with one attached hydrogen (secondary N) is 1. The van der Waals surface area contributed by atoms with Crippen molar-refractivity contribution in [3.8, 4) is 0 Å². The van der Waals surface area contributed by atoms with Crippen LogP contribution in [-0.2, 0) is 11.8 Å². The van der Waals surface area contributed by atoms with E-state index in [0.717, 1.165) is 0 Å². The maximum atomic E-state index is 11.7. The van der Waals surface area contributed by atoms with E-state index in [2.05, 4.69) is 15.1 Å². The fraction of sp³-hybridized carbons (Fsp3) is 0.545. The Labute approximate surface area is 112 Å². The molecule has 9 nitrogen and oxygen atoms in total. The highest BCUT2D eigenvalue weighted by molar-refractivity contribution is 5.76. The number of aliphatic hydroxyl groups excluding tert-OH is 3. The molecular weight excluding hydrogens is 268 g/mol. The average molecular weight is 282 g/mol. The topological polar surface area (TPSA) is 133 Å². The highest BCUT2D eigenvalue weighted by Crippen LogP contribution is 2.35. The Bertz CT molecular complexity index is 696. The number of fused-ring (bicyclic) bond motifs is 1. The summed E-state index contributed by atoms with van der Waals surface area (Å²) in [5.74, 6) is 0. The summed E-state index contributed by atoms with van der Waals surface area (Å²) in [7, 11) is 1.59. The van der Waals surface area contributed by atoms with Gasteiger partial charge in [0.25, 0.3) is 5.56 Å². The molecule has 4 unspecified atom stereocenters. The maximum absolute atomic E-state index is 11.7. The van der Waals surface area contributed by atoms with Crippen LogP contribution in [0.15, 0.2) is 11.1 Å². The normalized spacial score (nSPS) is 30.2. The van der Waals surface area contributed by atoms with Crippen LogP contribution in [0.5, 0.6) is 0 Å². The van der Waals surface area contributed by atoms with Crippen LogP contribution >= 0.6 is 0 Å². The van der Waals surface area contributed by atoms with Crippen LogP contribution in [0.4, 0.5) is 0 Å². The molecule has 0 bridgehead atoms. The van der Waals surface area contributed by atoms with Crippen molar-refractivity contribution in [1.82, 2.24) is 19.7 Å².